The Morgan fingerprint density at radius 1 is 1.33 bits per heavy atom. The van der Waals surface area contributed by atoms with Crippen LogP contribution in [0.25, 0.3) is 0 Å². The number of nitrogens with zero attached hydrogens (tertiary/aromatic N) is 1. The van der Waals surface area contributed by atoms with E-state index >= 15 is 0 Å². The Morgan fingerprint density at radius 2 is 1.94 bits per heavy atom. The fraction of sp³-hybridized carbons (Fsp3) is 0.273. The summed E-state index contributed by atoms with van der Waals surface area (Å²) >= 11 is 0. The Bertz CT molecular complexity index is 558. The molecule has 0 atom stereocenters. The van der Waals surface area contributed by atoms with Crippen molar-refractivity contribution in [3.63, 3.8) is 0 Å². The number of benzene rings is 1. The van der Waals surface area contributed by atoms with Gasteiger partial charge in [-0.05, 0) is 19.1 Å². The molecule has 0 aliphatic carbocycles. The van der Waals surface area contributed by atoms with E-state index in [1.54, 1.807) is 12.1 Å². The molecule has 0 aliphatic rings. The lowest BCUT2D eigenvalue weighted by Gasteiger charge is -2.07. The predicted molar refractivity (Wildman–Crippen MR) is 65.1 cm³/mol. The van der Waals surface area contributed by atoms with E-state index in [0.29, 0.717) is 0 Å². The minimum Gasteiger partial charge on any atom is -0.336 e. The Labute approximate surface area is 106 Å². The number of aryl methyl sites for hydroxylation is 1. The van der Waals surface area contributed by atoms with E-state index < -0.39 is 16.1 Å². The maximum atomic E-state index is 11.7. The number of sulfonamides is 1. The van der Waals surface area contributed by atoms with Gasteiger partial charge in [-0.3, -0.25) is 0 Å². The maximum absolute atomic E-state index is 11.7. The monoisotopic (exact) mass is 267 g/mol. The first kappa shape index (κ1) is 14.0. The molecule has 96 valence electrons. The molecule has 7 heteroatoms. The van der Waals surface area contributed by atoms with Crippen molar-refractivity contribution >= 4 is 16.1 Å². The largest absolute Gasteiger partial charge is 0.336 e. The van der Waals surface area contributed by atoms with Gasteiger partial charge in [0.2, 0.25) is 0 Å². The highest BCUT2D eigenvalue weighted by molar-refractivity contribution is 7.90. The minimum absolute atomic E-state index is 0.0172. The fourth-order valence-corrected chi connectivity index (χ4v) is 2.09. The molecule has 0 fully saturated rings. The number of carbonyl (C=O) groups excluding carboxylic acids is 1. The first-order valence-corrected chi connectivity index (χ1v) is 6.68. The lowest BCUT2D eigenvalue weighted by atomic mass is 10.2. The molecule has 18 heavy (non-hydrogen) atoms. The molecule has 2 amide bonds. The molecule has 0 aliphatic heterocycles. The number of urea groups is 1. The summed E-state index contributed by atoms with van der Waals surface area (Å²) in [5, 5.41) is 10.5. The van der Waals surface area contributed by atoms with Crippen LogP contribution >= 0.6 is 0 Å². The molecular weight excluding hydrogens is 254 g/mol. The van der Waals surface area contributed by atoms with E-state index in [0.717, 1.165) is 5.56 Å². The van der Waals surface area contributed by atoms with Gasteiger partial charge in [-0.25, -0.2) is 17.9 Å². The molecule has 0 saturated carbocycles. The standard InChI is InChI=1S/C11H13N3O3S/c1-9-3-5-10(6-4-9)18(16,17)14-11(15)13-8-2-7-12/h3-6H,2,8H2,1H3,(H2,13,14,15). The second-order valence-corrected chi connectivity index (χ2v) is 5.26. The van der Waals surface area contributed by atoms with Gasteiger partial charge in [0.25, 0.3) is 10.0 Å². The summed E-state index contributed by atoms with van der Waals surface area (Å²) < 4.78 is 25.4. The summed E-state index contributed by atoms with van der Waals surface area (Å²) in [5.74, 6) is 0. The minimum atomic E-state index is -3.86. The van der Waals surface area contributed by atoms with Crippen LogP contribution in [0.3, 0.4) is 0 Å². The van der Waals surface area contributed by atoms with Crippen LogP contribution < -0.4 is 10.0 Å². The molecule has 6 nitrogen and oxygen atoms in total. The molecule has 0 radical (unpaired) electrons. The zero-order chi connectivity index (χ0) is 13.6. The number of carbonyl (C=O) groups is 1. The maximum Gasteiger partial charge on any atom is 0.328 e. The second kappa shape index (κ2) is 6.02. The third-order valence-corrected chi connectivity index (χ3v) is 3.43. The highest BCUT2D eigenvalue weighted by atomic mass is 32.2. The Kier molecular flexibility index (Phi) is 4.68. The second-order valence-electron chi connectivity index (χ2n) is 3.58. The van der Waals surface area contributed by atoms with Crippen LogP contribution in [0.2, 0.25) is 0 Å². The van der Waals surface area contributed by atoms with E-state index in [2.05, 4.69) is 5.32 Å². The van der Waals surface area contributed by atoms with Crippen molar-refractivity contribution in [3.8, 4) is 6.07 Å². The average molecular weight is 267 g/mol. The molecule has 1 aromatic carbocycles. The molecule has 0 heterocycles. The quantitative estimate of drug-likeness (QED) is 0.791. The van der Waals surface area contributed by atoms with Gasteiger partial charge in [0.1, 0.15) is 0 Å². The zero-order valence-corrected chi connectivity index (χ0v) is 10.6. The summed E-state index contributed by atoms with van der Waals surface area (Å²) in [6.07, 6.45) is 0.123. The third-order valence-electron chi connectivity index (χ3n) is 2.08. The van der Waals surface area contributed by atoms with Crippen LogP contribution in [0.1, 0.15) is 12.0 Å². The van der Waals surface area contributed by atoms with Gasteiger partial charge >= 0.3 is 6.03 Å². The molecule has 0 bridgehead atoms. The summed E-state index contributed by atoms with van der Waals surface area (Å²) in [4.78, 5) is 11.3. The lowest BCUT2D eigenvalue weighted by Crippen LogP contribution is -2.39. The van der Waals surface area contributed by atoms with Crippen LogP contribution in [0, 0.1) is 18.3 Å². The first-order chi connectivity index (χ1) is 8.45. The normalized spacial score (nSPS) is 10.4. The SMILES string of the molecule is Cc1ccc(S(=O)(=O)NC(=O)NCCC#N)cc1. The summed E-state index contributed by atoms with van der Waals surface area (Å²) in [6, 6.07) is 7.11. The number of hydrogen-bond donors (Lipinski definition) is 2. The van der Waals surface area contributed by atoms with Crippen LogP contribution in [0.4, 0.5) is 4.79 Å². The van der Waals surface area contributed by atoms with Gasteiger partial charge in [-0.15, -0.1) is 0 Å². The van der Waals surface area contributed by atoms with Gasteiger partial charge in [-0.1, -0.05) is 17.7 Å². The topological polar surface area (TPSA) is 99.1 Å². The van der Waals surface area contributed by atoms with Crippen LogP contribution in [-0.4, -0.2) is 21.0 Å². The Morgan fingerprint density at radius 3 is 2.50 bits per heavy atom. The molecule has 2 N–H and O–H groups in total. The van der Waals surface area contributed by atoms with Crippen LogP contribution in [0.15, 0.2) is 29.2 Å². The number of nitrogens with one attached hydrogen (secondary N) is 2. The van der Waals surface area contributed by atoms with Gasteiger partial charge in [-0.2, -0.15) is 5.26 Å². The number of nitriles is 1. The van der Waals surface area contributed by atoms with E-state index in [4.69, 9.17) is 5.26 Å². The molecule has 0 unspecified atom stereocenters. The zero-order valence-electron chi connectivity index (χ0n) is 9.80. The van der Waals surface area contributed by atoms with E-state index in [1.807, 2.05) is 17.7 Å². The Hall–Kier alpha value is -2.07. The first-order valence-electron chi connectivity index (χ1n) is 5.20. The molecule has 0 aromatic heterocycles. The van der Waals surface area contributed by atoms with Crippen molar-refractivity contribution < 1.29 is 13.2 Å². The fourth-order valence-electron chi connectivity index (χ4n) is 1.17. The van der Waals surface area contributed by atoms with Crippen molar-refractivity contribution in [3.05, 3.63) is 29.8 Å². The van der Waals surface area contributed by atoms with Gasteiger partial charge in [0.15, 0.2) is 0 Å². The highest BCUT2D eigenvalue weighted by Gasteiger charge is 2.16. The molecule has 1 rings (SSSR count). The van der Waals surface area contributed by atoms with Crippen molar-refractivity contribution in [1.29, 1.82) is 5.26 Å². The number of hydrogen-bond acceptors (Lipinski definition) is 4. The molecule has 1 aromatic rings. The van der Waals surface area contributed by atoms with Crippen molar-refractivity contribution in [2.45, 2.75) is 18.2 Å². The number of amides is 2. The van der Waals surface area contributed by atoms with Crippen molar-refractivity contribution in [2.75, 3.05) is 6.54 Å². The third kappa shape index (κ3) is 4.07. The lowest BCUT2D eigenvalue weighted by molar-refractivity contribution is 0.246. The van der Waals surface area contributed by atoms with Gasteiger partial charge in [0.05, 0.1) is 17.4 Å². The molecule has 0 saturated heterocycles. The smallest absolute Gasteiger partial charge is 0.328 e. The van der Waals surface area contributed by atoms with Crippen LogP contribution in [-0.2, 0) is 10.0 Å². The van der Waals surface area contributed by atoms with Crippen molar-refractivity contribution in [1.82, 2.24) is 10.0 Å². The molecular formula is C11H13N3O3S. The predicted octanol–water partition coefficient (Wildman–Crippen LogP) is 0.897. The van der Waals surface area contributed by atoms with Gasteiger partial charge in [0, 0.05) is 6.54 Å². The number of rotatable bonds is 4. The van der Waals surface area contributed by atoms with Crippen molar-refractivity contribution in [2.24, 2.45) is 0 Å². The van der Waals surface area contributed by atoms with E-state index in [-0.39, 0.29) is 17.9 Å². The van der Waals surface area contributed by atoms with E-state index in [1.165, 1.54) is 12.1 Å². The van der Waals surface area contributed by atoms with Gasteiger partial charge < -0.3 is 5.32 Å². The highest BCUT2D eigenvalue weighted by Crippen LogP contribution is 2.09. The van der Waals surface area contributed by atoms with E-state index in [9.17, 15) is 13.2 Å². The molecule has 0 spiro atoms. The summed E-state index contributed by atoms with van der Waals surface area (Å²) in [7, 11) is -3.86. The van der Waals surface area contributed by atoms with Crippen LogP contribution in [0.5, 0.6) is 0 Å². The average Bonchev–Trinajstić information content (AvgIpc) is 2.29. The summed E-state index contributed by atoms with van der Waals surface area (Å²) in [6.45, 7) is 1.93. The summed E-state index contributed by atoms with van der Waals surface area (Å²) in [5.41, 5.74) is 0.924. The Balaban J connectivity index is 2.68.